The van der Waals surface area contributed by atoms with Crippen LogP contribution >= 0.6 is 11.8 Å². The molecule has 7 heteroatoms. The van der Waals surface area contributed by atoms with E-state index in [-0.39, 0.29) is 22.8 Å². The number of benzene rings is 5. The maximum absolute atomic E-state index is 13.9. The van der Waals surface area contributed by atoms with E-state index in [1.54, 1.807) is 47.4 Å². The summed E-state index contributed by atoms with van der Waals surface area (Å²) in [7, 11) is 0. The van der Waals surface area contributed by atoms with Gasteiger partial charge in [-0.2, -0.15) is 0 Å². The Morgan fingerprint density at radius 2 is 1.33 bits per heavy atom. The Morgan fingerprint density at radius 3 is 1.89 bits per heavy atom. The summed E-state index contributed by atoms with van der Waals surface area (Å²) in [6.07, 6.45) is 2.29. The van der Waals surface area contributed by atoms with Crippen molar-refractivity contribution in [3.8, 4) is 0 Å². The van der Waals surface area contributed by atoms with Crippen LogP contribution in [0.5, 0.6) is 0 Å². The van der Waals surface area contributed by atoms with Gasteiger partial charge in [0.05, 0.1) is 5.25 Å². The molecule has 0 aliphatic carbocycles. The summed E-state index contributed by atoms with van der Waals surface area (Å²) in [6.45, 7) is 3.97. The van der Waals surface area contributed by atoms with E-state index in [0.29, 0.717) is 17.7 Å². The van der Waals surface area contributed by atoms with Crippen molar-refractivity contribution in [2.45, 2.75) is 30.4 Å². The SMILES string of the molecule is CCC(Sc1ccc(NC(=O)/C(=C/c2cccc(C)c2)NC(=O)c2ccccc2)cc1)C(=O)N(c1ccccc1)c1ccccc1. The molecule has 2 N–H and O–H groups in total. The molecule has 5 aromatic rings. The van der Waals surface area contributed by atoms with E-state index < -0.39 is 5.91 Å². The lowest BCUT2D eigenvalue weighted by Crippen LogP contribution is -2.34. The van der Waals surface area contributed by atoms with Gasteiger partial charge in [0.1, 0.15) is 5.70 Å². The molecular formula is C39H35N3O3S. The Hall–Kier alpha value is -5.40. The highest BCUT2D eigenvalue weighted by Crippen LogP contribution is 2.33. The second-order valence-corrected chi connectivity index (χ2v) is 11.9. The van der Waals surface area contributed by atoms with Crippen LogP contribution in [-0.2, 0) is 9.59 Å². The standard InChI is InChI=1S/C39H35N3O3S/c1-3-36(39(45)42(32-18-9-5-10-19-32)33-20-11-6-12-21-33)46-34-24-22-31(23-25-34)40-38(44)35(27-29-15-13-14-28(2)26-29)41-37(43)30-16-7-4-8-17-30/h4-27,36H,3H2,1-2H3,(H,40,44)(H,41,43)/b35-27-. The fourth-order valence-corrected chi connectivity index (χ4v) is 5.85. The van der Waals surface area contributed by atoms with E-state index in [4.69, 9.17) is 0 Å². The van der Waals surface area contributed by atoms with Crippen LogP contribution in [0.15, 0.2) is 150 Å². The minimum absolute atomic E-state index is 0.0117. The molecule has 230 valence electrons. The predicted octanol–water partition coefficient (Wildman–Crippen LogP) is 8.64. The number of amides is 3. The van der Waals surface area contributed by atoms with Crippen LogP contribution in [0.3, 0.4) is 0 Å². The van der Waals surface area contributed by atoms with E-state index in [1.165, 1.54) is 11.8 Å². The third-order valence-corrected chi connectivity index (χ3v) is 8.53. The third-order valence-electron chi connectivity index (χ3n) is 7.17. The summed E-state index contributed by atoms with van der Waals surface area (Å²) >= 11 is 1.49. The molecule has 0 aliphatic rings. The second kappa shape index (κ2) is 15.5. The molecule has 0 radical (unpaired) electrons. The van der Waals surface area contributed by atoms with Gasteiger partial charge in [0.15, 0.2) is 0 Å². The summed E-state index contributed by atoms with van der Waals surface area (Å²) in [5, 5.41) is 5.35. The highest BCUT2D eigenvalue weighted by atomic mass is 32.2. The lowest BCUT2D eigenvalue weighted by Gasteiger charge is -2.27. The Bertz CT molecular complexity index is 1770. The van der Waals surface area contributed by atoms with Crippen molar-refractivity contribution in [3.05, 3.63) is 162 Å². The van der Waals surface area contributed by atoms with Crippen LogP contribution in [0.2, 0.25) is 0 Å². The highest BCUT2D eigenvalue weighted by Gasteiger charge is 2.26. The predicted molar refractivity (Wildman–Crippen MR) is 188 cm³/mol. The average Bonchev–Trinajstić information content (AvgIpc) is 3.09. The minimum atomic E-state index is -0.450. The molecule has 3 amide bonds. The van der Waals surface area contributed by atoms with Crippen molar-refractivity contribution >= 4 is 52.6 Å². The zero-order chi connectivity index (χ0) is 32.3. The van der Waals surface area contributed by atoms with E-state index in [0.717, 1.165) is 27.4 Å². The van der Waals surface area contributed by atoms with Crippen LogP contribution in [0.25, 0.3) is 6.08 Å². The molecule has 5 aromatic carbocycles. The molecule has 5 rings (SSSR count). The maximum Gasteiger partial charge on any atom is 0.272 e. The number of aryl methyl sites for hydroxylation is 1. The number of anilines is 3. The van der Waals surface area contributed by atoms with Gasteiger partial charge in [-0.15, -0.1) is 11.8 Å². The number of carbonyl (C=O) groups is 3. The Labute approximate surface area is 274 Å². The molecule has 1 atom stereocenters. The first-order valence-corrected chi connectivity index (χ1v) is 16.0. The van der Waals surface area contributed by atoms with Gasteiger partial charge in [-0.05, 0) is 85.6 Å². The van der Waals surface area contributed by atoms with Gasteiger partial charge in [-0.25, -0.2) is 0 Å². The first-order valence-electron chi connectivity index (χ1n) is 15.1. The van der Waals surface area contributed by atoms with E-state index >= 15 is 0 Å². The zero-order valence-corrected chi connectivity index (χ0v) is 26.5. The molecule has 0 saturated heterocycles. The molecule has 0 fully saturated rings. The maximum atomic E-state index is 13.9. The van der Waals surface area contributed by atoms with Crippen molar-refractivity contribution in [1.82, 2.24) is 5.32 Å². The van der Waals surface area contributed by atoms with Gasteiger partial charge in [0, 0.05) is 27.5 Å². The van der Waals surface area contributed by atoms with Crippen molar-refractivity contribution in [3.63, 3.8) is 0 Å². The van der Waals surface area contributed by atoms with Crippen LogP contribution in [-0.4, -0.2) is 23.0 Å². The summed E-state index contributed by atoms with van der Waals surface area (Å²) in [4.78, 5) is 43.0. The first-order chi connectivity index (χ1) is 22.4. The summed E-state index contributed by atoms with van der Waals surface area (Å²) in [6, 6.07) is 43.1. The summed E-state index contributed by atoms with van der Waals surface area (Å²) in [5.41, 5.74) is 4.58. The van der Waals surface area contributed by atoms with Crippen molar-refractivity contribution in [2.75, 3.05) is 10.2 Å². The van der Waals surface area contributed by atoms with Gasteiger partial charge in [0.25, 0.3) is 11.8 Å². The molecule has 0 aromatic heterocycles. The van der Waals surface area contributed by atoms with Crippen LogP contribution < -0.4 is 15.5 Å². The molecule has 0 heterocycles. The average molecular weight is 626 g/mol. The second-order valence-electron chi connectivity index (χ2n) is 10.6. The molecule has 0 bridgehead atoms. The quantitative estimate of drug-likeness (QED) is 0.114. The third kappa shape index (κ3) is 8.40. The first kappa shape index (κ1) is 32.0. The summed E-state index contributed by atoms with van der Waals surface area (Å²) in [5.74, 6) is -0.840. The highest BCUT2D eigenvalue weighted by molar-refractivity contribution is 8.00. The molecule has 46 heavy (non-hydrogen) atoms. The Morgan fingerprint density at radius 1 is 0.739 bits per heavy atom. The fourth-order valence-electron chi connectivity index (χ4n) is 4.86. The van der Waals surface area contributed by atoms with Gasteiger partial charge in [-0.3, -0.25) is 19.3 Å². The monoisotopic (exact) mass is 625 g/mol. The normalized spacial score (nSPS) is 11.7. The number of thioether (sulfide) groups is 1. The Balaban J connectivity index is 1.31. The van der Waals surface area contributed by atoms with Crippen molar-refractivity contribution in [1.29, 1.82) is 0 Å². The number of nitrogens with zero attached hydrogens (tertiary/aromatic N) is 1. The number of nitrogens with one attached hydrogen (secondary N) is 2. The van der Waals surface area contributed by atoms with E-state index in [2.05, 4.69) is 10.6 Å². The smallest absolute Gasteiger partial charge is 0.272 e. The number of rotatable bonds is 11. The molecule has 6 nitrogen and oxygen atoms in total. The summed E-state index contributed by atoms with van der Waals surface area (Å²) < 4.78 is 0. The van der Waals surface area contributed by atoms with E-state index in [1.807, 2.05) is 117 Å². The molecule has 0 saturated carbocycles. The van der Waals surface area contributed by atoms with Crippen molar-refractivity contribution < 1.29 is 14.4 Å². The largest absolute Gasteiger partial charge is 0.321 e. The molecule has 1 unspecified atom stereocenters. The number of hydrogen-bond acceptors (Lipinski definition) is 4. The van der Waals surface area contributed by atoms with Crippen LogP contribution in [0.4, 0.5) is 17.1 Å². The van der Waals surface area contributed by atoms with Crippen LogP contribution in [0.1, 0.15) is 34.8 Å². The number of carbonyl (C=O) groups excluding carboxylic acids is 3. The topological polar surface area (TPSA) is 78.5 Å². The molecule has 0 spiro atoms. The van der Waals surface area contributed by atoms with Crippen molar-refractivity contribution in [2.24, 2.45) is 0 Å². The number of hydrogen-bond donors (Lipinski definition) is 2. The van der Waals surface area contributed by atoms with Gasteiger partial charge in [-0.1, -0.05) is 91.3 Å². The van der Waals surface area contributed by atoms with Gasteiger partial charge >= 0.3 is 0 Å². The zero-order valence-electron chi connectivity index (χ0n) is 25.7. The lowest BCUT2D eigenvalue weighted by atomic mass is 10.1. The van der Waals surface area contributed by atoms with E-state index in [9.17, 15) is 14.4 Å². The van der Waals surface area contributed by atoms with Crippen LogP contribution in [0, 0.1) is 6.92 Å². The number of para-hydroxylation sites is 2. The minimum Gasteiger partial charge on any atom is -0.321 e. The fraction of sp³-hybridized carbons (Fsp3) is 0.103. The molecular weight excluding hydrogens is 591 g/mol. The van der Waals surface area contributed by atoms with Gasteiger partial charge < -0.3 is 10.6 Å². The van der Waals surface area contributed by atoms with Gasteiger partial charge in [0.2, 0.25) is 5.91 Å². The Kier molecular flexibility index (Phi) is 10.8. The lowest BCUT2D eigenvalue weighted by molar-refractivity contribution is -0.117. The molecule has 0 aliphatic heterocycles.